The summed E-state index contributed by atoms with van der Waals surface area (Å²) < 4.78 is 14.5. The molecule has 0 saturated carbocycles. The molecule has 0 saturated heterocycles. The number of carbonyl (C=O) groups is 1. The van der Waals surface area contributed by atoms with Crippen molar-refractivity contribution >= 4 is 50.8 Å². The van der Waals surface area contributed by atoms with E-state index in [0.29, 0.717) is 1.95 Å². The van der Waals surface area contributed by atoms with Gasteiger partial charge in [0.2, 0.25) is 0 Å². The van der Waals surface area contributed by atoms with E-state index in [1.165, 1.54) is 104 Å². The third-order valence-corrected chi connectivity index (χ3v) is 66.3. The fraction of sp³-hybridized carbons (Fsp3) is 0.912. The SMILES string of the molecule is CCC[CH2][Sn]([CH2]CCC)([CH2]CCC)[CH]([C@@H](C(=O)OC)[C@@H](O)C#C[Si](C)(C)C)[Sn]([CH2]CCC)([CH2]CCC)[CH2]CCC. The first-order valence-corrected chi connectivity index (χ1v) is 36.2. The first kappa shape index (κ1) is 40.8. The first-order chi connectivity index (χ1) is 19.0. The van der Waals surface area contributed by atoms with Crippen LogP contribution in [-0.2, 0) is 9.53 Å². The van der Waals surface area contributed by atoms with Crippen LogP contribution in [0.15, 0.2) is 0 Å². The van der Waals surface area contributed by atoms with Crippen molar-refractivity contribution < 1.29 is 14.6 Å². The molecule has 0 rings (SSSR count). The molecule has 0 heterocycles. The topological polar surface area (TPSA) is 46.5 Å². The van der Waals surface area contributed by atoms with Crippen LogP contribution in [0.1, 0.15) is 119 Å². The van der Waals surface area contributed by atoms with E-state index < -0.39 is 56.8 Å². The zero-order valence-corrected chi connectivity index (χ0v) is 35.4. The number of hydrogen-bond donors (Lipinski definition) is 1. The fourth-order valence-corrected chi connectivity index (χ4v) is 86.9. The number of methoxy groups -OCH3 is 1. The summed E-state index contributed by atoms with van der Waals surface area (Å²) in [5.74, 6) is 2.77. The van der Waals surface area contributed by atoms with E-state index in [1.807, 2.05) is 0 Å². The van der Waals surface area contributed by atoms with Crippen molar-refractivity contribution in [3.05, 3.63) is 0 Å². The van der Waals surface area contributed by atoms with Crippen LogP contribution in [-0.4, -0.2) is 69.1 Å². The Bertz CT molecular complexity index is 649. The Kier molecular flexibility index (Phi) is 22.8. The van der Waals surface area contributed by atoms with Crippen LogP contribution < -0.4 is 0 Å². The predicted molar refractivity (Wildman–Crippen MR) is 186 cm³/mol. The van der Waals surface area contributed by atoms with Crippen molar-refractivity contribution in [2.24, 2.45) is 5.92 Å². The molecule has 0 aromatic carbocycles. The summed E-state index contributed by atoms with van der Waals surface area (Å²) in [5, 5.41) is 12.0. The molecule has 0 unspecified atom stereocenters. The molecule has 6 heteroatoms. The molecule has 0 aromatic rings. The van der Waals surface area contributed by atoms with Gasteiger partial charge in [0.1, 0.15) is 0 Å². The number of aliphatic hydroxyl groups excluding tert-OH is 1. The van der Waals surface area contributed by atoms with Crippen LogP contribution in [0.5, 0.6) is 0 Å². The van der Waals surface area contributed by atoms with Gasteiger partial charge in [0.15, 0.2) is 0 Å². The molecule has 0 aliphatic heterocycles. The van der Waals surface area contributed by atoms with E-state index in [-0.39, 0.29) is 5.97 Å². The van der Waals surface area contributed by atoms with Gasteiger partial charge in [-0.2, -0.15) is 0 Å². The number of carbonyl (C=O) groups excluding carboxylic acids is 1. The van der Waals surface area contributed by atoms with Crippen LogP contribution >= 0.6 is 0 Å². The molecule has 0 spiro atoms. The van der Waals surface area contributed by atoms with Crippen molar-refractivity contribution in [2.45, 2.75) is 173 Å². The summed E-state index contributed by atoms with van der Waals surface area (Å²) in [6, 6.07) is 0. The Labute approximate surface area is 260 Å². The molecule has 0 aliphatic carbocycles. The number of hydrogen-bond acceptors (Lipinski definition) is 3. The molecule has 3 nitrogen and oxygen atoms in total. The second-order valence-electron chi connectivity index (χ2n) is 13.8. The second-order valence-corrected chi connectivity index (χ2v) is 51.0. The van der Waals surface area contributed by atoms with Crippen LogP contribution in [0, 0.1) is 17.4 Å². The third-order valence-electron chi connectivity index (χ3n) is 9.26. The number of aliphatic hydroxyl groups is 1. The van der Waals surface area contributed by atoms with Crippen LogP contribution in [0.2, 0.25) is 48.2 Å². The molecule has 40 heavy (non-hydrogen) atoms. The summed E-state index contributed by atoms with van der Waals surface area (Å²) in [6.45, 7) is 20.8. The van der Waals surface area contributed by atoms with Gasteiger partial charge < -0.3 is 0 Å². The van der Waals surface area contributed by atoms with Crippen molar-refractivity contribution in [1.29, 1.82) is 0 Å². The monoisotopic (exact) mass is 794 g/mol. The number of rotatable bonds is 23. The Hall–Kier alpha value is 0.804. The van der Waals surface area contributed by atoms with Crippen LogP contribution in [0.25, 0.3) is 0 Å². The molecule has 0 aromatic heterocycles. The molecule has 0 amide bonds. The number of ether oxygens (including phenoxy) is 1. The fourth-order valence-electron chi connectivity index (χ4n) is 7.23. The molecule has 236 valence electrons. The van der Waals surface area contributed by atoms with Gasteiger partial charge in [0.05, 0.1) is 0 Å². The van der Waals surface area contributed by atoms with Gasteiger partial charge in [0.25, 0.3) is 0 Å². The summed E-state index contributed by atoms with van der Waals surface area (Å²) in [6.07, 6.45) is 14.2. The third kappa shape index (κ3) is 14.1. The summed E-state index contributed by atoms with van der Waals surface area (Å²) in [4.78, 5) is 14.1. The van der Waals surface area contributed by atoms with Gasteiger partial charge in [-0.1, -0.05) is 0 Å². The number of esters is 1. The first-order valence-electron chi connectivity index (χ1n) is 17.3. The van der Waals surface area contributed by atoms with E-state index in [9.17, 15) is 9.90 Å². The molecule has 0 aliphatic rings. The van der Waals surface area contributed by atoms with Crippen LogP contribution in [0.3, 0.4) is 0 Å². The van der Waals surface area contributed by atoms with E-state index in [4.69, 9.17) is 4.74 Å². The average Bonchev–Trinajstić information content (AvgIpc) is 2.94. The normalized spacial score (nSPS) is 14.1. The van der Waals surface area contributed by atoms with Crippen molar-refractivity contribution in [2.75, 3.05) is 7.11 Å². The maximum absolute atomic E-state index is 14.1. The average molecular weight is 792 g/mol. The molecule has 0 radical (unpaired) electrons. The van der Waals surface area contributed by atoms with Gasteiger partial charge in [0, 0.05) is 0 Å². The molecular weight excluding hydrogens is 722 g/mol. The van der Waals surface area contributed by atoms with Gasteiger partial charge in [-0.15, -0.1) is 0 Å². The van der Waals surface area contributed by atoms with Gasteiger partial charge in [-0.3, -0.25) is 0 Å². The minimum atomic E-state index is -3.04. The minimum absolute atomic E-state index is 0.140. The van der Waals surface area contributed by atoms with Gasteiger partial charge in [-0.25, -0.2) is 0 Å². The Morgan fingerprint density at radius 2 is 0.975 bits per heavy atom. The molecular formula is C34H70O3SiSn2. The van der Waals surface area contributed by atoms with E-state index in [0.717, 1.165) is 0 Å². The molecule has 0 bridgehead atoms. The van der Waals surface area contributed by atoms with Crippen molar-refractivity contribution in [3.63, 3.8) is 0 Å². The van der Waals surface area contributed by atoms with E-state index in [2.05, 4.69) is 72.6 Å². The van der Waals surface area contributed by atoms with E-state index >= 15 is 0 Å². The van der Waals surface area contributed by atoms with Gasteiger partial charge >= 0.3 is 263 Å². The second kappa shape index (κ2) is 22.3. The van der Waals surface area contributed by atoms with E-state index in [1.54, 1.807) is 7.11 Å². The van der Waals surface area contributed by atoms with Crippen molar-refractivity contribution in [1.82, 2.24) is 0 Å². The molecule has 2 atom stereocenters. The summed E-state index contributed by atoms with van der Waals surface area (Å²) in [7, 11) is -0.139. The molecule has 0 fully saturated rings. The van der Waals surface area contributed by atoms with Crippen LogP contribution in [0.4, 0.5) is 0 Å². The quantitative estimate of drug-likeness (QED) is 0.0637. The maximum atomic E-state index is 14.1. The van der Waals surface area contributed by atoms with Gasteiger partial charge in [-0.05, 0) is 0 Å². The zero-order valence-electron chi connectivity index (χ0n) is 28.7. The Morgan fingerprint density at radius 3 is 1.20 bits per heavy atom. The zero-order chi connectivity index (χ0) is 30.7. The summed E-state index contributed by atoms with van der Waals surface area (Å²) in [5.41, 5.74) is 3.48. The summed E-state index contributed by atoms with van der Waals surface area (Å²) >= 11 is -6.07. The van der Waals surface area contributed by atoms with Crippen molar-refractivity contribution in [3.8, 4) is 11.5 Å². The standard InChI is InChI=1S/C10H16O3Si.6C4H9.2Sn/c1-8(10(12)13-2)9(11)6-7-14(3,4)5;6*1-3-4-2;;/h1,8-9,11H,2-5H3;6*1,3-4H2,2H3;;/t8-,9+;;;;;;;;/m1......../s1. The Morgan fingerprint density at radius 1 is 0.675 bits per heavy atom. The molecule has 1 N–H and O–H groups in total. The Balaban J connectivity index is 7.78. The number of unbranched alkanes of at least 4 members (excludes halogenated alkanes) is 6. The predicted octanol–water partition coefficient (Wildman–Crippen LogP) is 10.6.